The average molecular weight is 314 g/mol. The van der Waals surface area contributed by atoms with E-state index in [1.807, 2.05) is 25.4 Å². The highest BCUT2D eigenvalue weighted by molar-refractivity contribution is 6.09. The lowest BCUT2D eigenvalue weighted by Crippen LogP contribution is -1.89. The van der Waals surface area contributed by atoms with E-state index in [1.165, 1.54) is 0 Å². The monoisotopic (exact) mass is 314 g/mol. The predicted molar refractivity (Wildman–Crippen MR) is 94.4 cm³/mol. The molecule has 0 aliphatic carbocycles. The van der Waals surface area contributed by atoms with Gasteiger partial charge in [0.1, 0.15) is 12.6 Å². The lowest BCUT2D eigenvalue weighted by atomic mass is 9.99. The first-order valence-corrected chi connectivity index (χ1v) is 7.59. The van der Waals surface area contributed by atoms with Gasteiger partial charge in [-0.25, -0.2) is 0 Å². The summed E-state index contributed by atoms with van der Waals surface area (Å²) < 4.78 is 2.11. The summed E-state index contributed by atoms with van der Waals surface area (Å²) in [6.45, 7) is 0. The van der Waals surface area contributed by atoms with Crippen molar-refractivity contribution in [3.63, 3.8) is 0 Å². The van der Waals surface area contributed by atoms with Crippen molar-refractivity contribution in [1.29, 1.82) is 0 Å². The number of nitrogens with zero attached hydrogens (tertiary/aromatic N) is 2. The van der Waals surface area contributed by atoms with Gasteiger partial charge in [0.05, 0.1) is 11.7 Å². The van der Waals surface area contributed by atoms with Crippen molar-refractivity contribution in [3.05, 3.63) is 66.0 Å². The van der Waals surface area contributed by atoms with Crippen molar-refractivity contribution < 1.29 is 9.59 Å². The van der Waals surface area contributed by atoms with Gasteiger partial charge in [0.25, 0.3) is 0 Å². The molecule has 0 spiro atoms. The van der Waals surface area contributed by atoms with Crippen LogP contribution in [0.1, 0.15) is 20.7 Å². The van der Waals surface area contributed by atoms with E-state index in [4.69, 9.17) is 0 Å². The van der Waals surface area contributed by atoms with Crippen LogP contribution in [0.4, 0.5) is 0 Å². The minimum atomic E-state index is 0.497. The van der Waals surface area contributed by atoms with Crippen LogP contribution in [-0.2, 0) is 7.05 Å². The molecule has 116 valence electrons. The molecule has 2 heterocycles. The van der Waals surface area contributed by atoms with Crippen LogP contribution in [-0.4, -0.2) is 22.1 Å². The lowest BCUT2D eigenvalue weighted by Gasteiger charge is -2.05. The number of rotatable bonds is 3. The van der Waals surface area contributed by atoms with Crippen molar-refractivity contribution in [2.45, 2.75) is 0 Å². The highest BCUT2D eigenvalue weighted by Crippen LogP contribution is 2.32. The SMILES string of the molecule is Cn1c2ccc(-c3cc(C=O)cc(C=O)c3)cc2c2ccncc21. The maximum atomic E-state index is 11.1. The highest BCUT2D eigenvalue weighted by atomic mass is 16.1. The second-order valence-electron chi connectivity index (χ2n) is 5.81. The van der Waals surface area contributed by atoms with Gasteiger partial charge in [-0.15, -0.1) is 0 Å². The molecule has 4 rings (SSSR count). The number of carbonyl (C=O) groups excluding carboxylic acids is 2. The molecule has 2 aromatic carbocycles. The van der Waals surface area contributed by atoms with Gasteiger partial charge in [-0.2, -0.15) is 0 Å². The molecule has 0 N–H and O–H groups in total. The van der Waals surface area contributed by atoms with Crippen molar-refractivity contribution >= 4 is 34.4 Å². The molecule has 2 aromatic heterocycles. The average Bonchev–Trinajstić information content (AvgIpc) is 2.93. The van der Waals surface area contributed by atoms with Gasteiger partial charge in [0.15, 0.2) is 0 Å². The molecule has 0 radical (unpaired) electrons. The van der Waals surface area contributed by atoms with Crippen LogP contribution < -0.4 is 0 Å². The number of hydrogen-bond acceptors (Lipinski definition) is 3. The molecule has 0 amide bonds. The first-order chi connectivity index (χ1) is 11.7. The Hall–Kier alpha value is -3.27. The summed E-state index contributed by atoms with van der Waals surface area (Å²) >= 11 is 0. The van der Waals surface area contributed by atoms with Crippen molar-refractivity contribution in [3.8, 4) is 11.1 Å². The standard InChI is InChI=1S/C20H14N2O2/c1-22-19-3-2-15(9-18(19)17-4-5-21-10-20(17)22)16-7-13(11-23)6-14(8-16)12-24/h2-12H,1H3. The molecule has 4 heteroatoms. The summed E-state index contributed by atoms with van der Waals surface area (Å²) in [4.78, 5) is 26.4. The van der Waals surface area contributed by atoms with E-state index in [0.29, 0.717) is 11.1 Å². The number of benzene rings is 2. The van der Waals surface area contributed by atoms with Crippen LogP contribution in [0.25, 0.3) is 32.9 Å². The topological polar surface area (TPSA) is 52.0 Å². The number of hydrogen-bond donors (Lipinski definition) is 0. The van der Waals surface area contributed by atoms with E-state index in [9.17, 15) is 9.59 Å². The molecule has 4 nitrogen and oxygen atoms in total. The van der Waals surface area contributed by atoms with E-state index in [0.717, 1.165) is 45.5 Å². The molecule has 0 saturated heterocycles. The molecular formula is C20H14N2O2. The Balaban J connectivity index is 2.00. The molecule has 0 saturated carbocycles. The third-order valence-electron chi connectivity index (χ3n) is 4.39. The lowest BCUT2D eigenvalue weighted by molar-refractivity contribution is 0.112. The molecule has 0 aliphatic rings. The summed E-state index contributed by atoms with van der Waals surface area (Å²) in [5.74, 6) is 0. The van der Waals surface area contributed by atoms with Gasteiger partial charge < -0.3 is 4.57 Å². The van der Waals surface area contributed by atoms with Gasteiger partial charge >= 0.3 is 0 Å². The van der Waals surface area contributed by atoms with Crippen molar-refractivity contribution in [2.24, 2.45) is 7.05 Å². The van der Waals surface area contributed by atoms with E-state index in [2.05, 4.69) is 21.7 Å². The van der Waals surface area contributed by atoms with E-state index in [1.54, 1.807) is 24.4 Å². The minimum Gasteiger partial charge on any atom is -0.342 e. The maximum Gasteiger partial charge on any atom is 0.150 e. The molecular weight excluding hydrogens is 300 g/mol. The van der Waals surface area contributed by atoms with E-state index in [-0.39, 0.29) is 0 Å². The Bertz CT molecular complexity index is 1080. The summed E-state index contributed by atoms with van der Waals surface area (Å²) in [6.07, 6.45) is 5.16. The normalized spacial score (nSPS) is 11.0. The Kier molecular flexibility index (Phi) is 3.24. The van der Waals surface area contributed by atoms with Gasteiger partial charge in [0.2, 0.25) is 0 Å². The van der Waals surface area contributed by atoms with Gasteiger partial charge in [0, 0.05) is 40.7 Å². The van der Waals surface area contributed by atoms with Crippen LogP contribution in [0.5, 0.6) is 0 Å². The highest BCUT2D eigenvalue weighted by Gasteiger charge is 2.10. The third-order valence-corrected chi connectivity index (χ3v) is 4.39. The quantitative estimate of drug-likeness (QED) is 0.537. The second-order valence-corrected chi connectivity index (χ2v) is 5.81. The molecule has 0 bridgehead atoms. The van der Waals surface area contributed by atoms with Crippen molar-refractivity contribution in [2.75, 3.05) is 0 Å². The predicted octanol–water partition coefficient (Wildman–Crippen LogP) is 4.02. The second kappa shape index (κ2) is 5.42. The maximum absolute atomic E-state index is 11.1. The Morgan fingerprint density at radius 3 is 2.29 bits per heavy atom. The van der Waals surface area contributed by atoms with Gasteiger partial charge in [-0.3, -0.25) is 14.6 Å². The molecule has 4 aromatic rings. The number of aryl methyl sites for hydroxylation is 1. The minimum absolute atomic E-state index is 0.497. The number of aromatic nitrogens is 2. The van der Waals surface area contributed by atoms with Crippen LogP contribution in [0.2, 0.25) is 0 Å². The fourth-order valence-electron chi connectivity index (χ4n) is 3.21. The van der Waals surface area contributed by atoms with E-state index < -0.39 is 0 Å². The summed E-state index contributed by atoms with van der Waals surface area (Å²) in [5.41, 5.74) is 5.01. The fraction of sp³-hybridized carbons (Fsp3) is 0.0500. The van der Waals surface area contributed by atoms with Crippen LogP contribution in [0.3, 0.4) is 0 Å². The zero-order chi connectivity index (χ0) is 16.7. The number of fused-ring (bicyclic) bond motifs is 3. The Labute approximate surface area is 138 Å². The summed E-state index contributed by atoms with van der Waals surface area (Å²) in [7, 11) is 2.02. The number of aldehydes is 2. The number of carbonyl (C=O) groups is 2. The van der Waals surface area contributed by atoms with E-state index >= 15 is 0 Å². The molecule has 0 unspecified atom stereocenters. The van der Waals surface area contributed by atoms with Crippen LogP contribution in [0.15, 0.2) is 54.9 Å². The van der Waals surface area contributed by atoms with Crippen molar-refractivity contribution in [1.82, 2.24) is 9.55 Å². The Morgan fingerprint density at radius 2 is 1.58 bits per heavy atom. The molecule has 0 fully saturated rings. The van der Waals surface area contributed by atoms with Gasteiger partial charge in [-0.1, -0.05) is 6.07 Å². The van der Waals surface area contributed by atoms with Gasteiger partial charge in [-0.05, 0) is 47.5 Å². The largest absolute Gasteiger partial charge is 0.342 e. The fourth-order valence-corrected chi connectivity index (χ4v) is 3.21. The first-order valence-electron chi connectivity index (χ1n) is 7.59. The number of pyridine rings is 1. The smallest absolute Gasteiger partial charge is 0.150 e. The summed E-state index contributed by atoms with van der Waals surface area (Å²) in [5, 5.41) is 2.25. The van der Waals surface area contributed by atoms with Crippen LogP contribution >= 0.6 is 0 Å². The first kappa shape index (κ1) is 14.3. The molecule has 0 aliphatic heterocycles. The van der Waals surface area contributed by atoms with Crippen LogP contribution in [0, 0.1) is 0 Å². The summed E-state index contributed by atoms with van der Waals surface area (Å²) in [6, 6.07) is 13.3. The zero-order valence-corrected chi connectivity index (χ0v) is 13.1. The zero-order valence-electron chi connectivity index (χ0n) is 13.1. The molecule has 0 atom stereocenters. The third kappa shape index (κ3) is 2.12. The molecule has 24 heavy (non-hydrogen) atoms. The Morgan fingerprint density at radius 1 is 0.833 bits per heavy atom.